The van der Waals surface area contributed by atoms with Gasteiger partial charge in [0.2, 0.25) is 5.89 Å². The fraction of sp³-hybridized carbons (Fsp3) is 0.304. The molecule has 0 spiro atoms. The fourth-order valence-electron chi connectivity index (χ4n) is 4.06. The van der Waals surface area contributed by atoms with Crippen molar-refractivity contribution < 1.29 is 9.21 Å². The molecule has 0 aliphatic carbocycles. The molecule has 4 aromatic rings. The summed E-state index contributed by atoms with van der Waals surface area (Å²) in [5, 5.41) is 8.51. The van der Waals surface area contributed by atoms with Gasteiger partial charge in [-0.15, -0.1) is 12.4 Å². The summed E-state index contributed by atoms with van der Waals surface area (Å²) in [6, 6.07) is 7.86. The Labute approximate surface area is 197 Å². The number of aryl methyl sites for hydroxylation is 2. The maximum absolute atomic E-state index is 13.0. The molecule has 1 aromatic carbocycles. The van der Waals surface area contributed by atoms with E-state index in [2.05, 4.69) is 25.3 Å². The highest BCUT2D eigenvalue weighted by Crippen LogP contribution is 2.33. The number of benzene rings is 1. The highest BCUT2D eigenvalue weighted by Gasteiger charge is 2.22. The van der Waals surface area contributed by atoms with Gasteiger partial charge in [0.1, 0.15) is 6.26 Å². The minimum atomic E-state index is -0.330. The number of nitrogens with zero attached hydrogens (tertiary/aromatic N) is 5. The SMILES string of the molecule is Cc1cc(-c2nc(C(=O)Nc3cc4cn(C)nc4cc3N3CCC(N)CC3)co2)ccn1.Cl. The van der Waals surface area contributed by atoms with Crippen molar-refractivity contribution >= 4 is 40.6 Å². The maximum Gasteiger partial charge on any atom is 0.277 e. The summed E-state index contributed by atoms with van der Waals surface area (Å²) in [5.41, 5.74) is 10.5. The number of halogens is 1. The molecule has 5 rings (SSSR count). The third-order valence-corrected chi connectivity index (χ3v) is 5.75. The number of pyridine rings is 1. The standard InChI is InChI=1S/C23H25N7O2.ClH/c1-14-9-15(3-6-25-14)23-27-20(13-32-23)22(31)26-19-10-16-12-29(2)28-18(16)11-21(19)30-7-4-17(24)5-8-30;/h3,6,9-13,17H,4-5,7-8,24H2,1-2H3,(H,26,31);1H. The van der Waals surface area contributed by atoms with Gasteiger partial charge in [0.15, 0.2) is 5.69 Å². The quantitative estimate of drug-likeness (QED) is 0.471. The molecule has 33 heavy (non-hydrogen) atoms. The first-order valence-electron chi connectivity index (χ1n) is 10.6. The second-order valence-electron chi connectivity index (χ2n) is 8.23. The summed E-state index contributed by atoms with van der Waals surface area (Å²) < 4.78 is 7.33. The Morgan fingerprint density at radius 2 is 2.03 bits per heavy atom. The molecule has 1 aliphatic rings. The molecule has 0 unspecified atom stereocenters. The Morgan fingerprint density at radius 1 is 1.24 bits per heavy atom. The smallest absolute Gasteiger partial charge is 0.277 e. The van der Waals surface area contributed by atoms with Crippen molar-refractivity contribution in [3.05, 3.63) is 54.3 Å². The number of piperidine rings is 1. The van der Waals surface area contributed by atoms with Gasteiger partial charge in [0, 0.05) is 55.2 Å². The number of anilines is 2. The number of aromatic nitrogens is 4. The predicted molar refractivity (Wildman–Crippen MR) is 130 cm³/mol. The number of hydrogen-bond donors (Lipinski definition) is 2. The van der Waals surface area contributed by atoms with E-state index in [0.717, 1.165) is 59.5 Å². The lowest BCUT2D eigenvalue weighted by Gasteiger charge is -2.33. The number of rotatable bonds is 4. The number of carbonyl (C=O) groups is 1. The van der Waals surface area contributed by atoms with Crippen LogP contribution in [0.25, 0.3) is 22.4 Å². The van der Waals surface area contributed by atoms with Crippen LogP contribution in [-0.4, -0.2) is 44.8 Å². The van der Waals surface area contributed by atoms with E-state index >= 15 is 0 Å². The second kappa shape index (κ2) is 9.21. The molecule has 0 atom stereocenters. The van der Waals surface area contributed by atoms with Crippen molar-refractivity contribution in [3.8, 4) is 11.5 Å². The summed E-state index contributed by atoms with van der Waals surface area (Å²) in [5.74, 6) is 0.0533. The number of nitrogens with two attached hydrogens (primary N) is 1. The monoisotopic (exact) mass is 467 g/mol. The first kappa shape index (κ1) is 22.8. The third kappa shape index (κ3) is 4.69. The Balaban J connectivity index is 0.00000259. The average molecular weight is 468 g/mol. The van der Waals surface area contributed by atoms with Gasteiger partial charge in [-0.1, -0.05) is 0 Å². The maximum atomic E-state index is 13.0. The van der Waals surface area contributed by atoms with Crippen LogP contribution in [0.15, 0.2) is 47.3 Å². The topological polar surface area (TPSA) is 115 Å². The van der Waals surface area contributed by atoms with E-state index in [4.69, 9.17) is 10.2 Å². The van der Waals surface area contributed by atoms with E-state index in [0.29, 0.717) is 5.89 Å². The van der Waals surface area contributed by atoms with E-state index in [1.807, 2.05) is 38.4 Å². The lowest BCUT2D eigenvalue weighted by atomic mass is 10.0. The van der Waals surface area contributed by atoms with E-state index in [1.54, 1.807) is 16.9 Å². The van der Waals surface area contributed by atoms with Crippen LogP contribution in [0.1, 0.15) is 29.0 Å². The molecule has 3 N–H and O–H groups in total. The highest BCUT2D eigenvalue weighted by molar-refractivity contribution is 6.06. The van der Waals surface area contributed by atoms with E-state index < -0.39 is 0 Å². The molecule has 1 fully saturated rings. The molecule has 172 valence electrons. The molecule has 0 radical (unpaired) electrons. The van der Waals surface area contributed by atoms with Gasteiger partial charge < -0.3 is 20.4 Å². The Bertz CT molecular complexity index is 1290. The summed E-state index contributed by atoms with van der Waals surface area (Å²) in [7, 11) is 1.88. The Morgan fingerprint density at radius 3 is 2.79 bits per heavy atom. The zero-order chi connectivity index (χ0) is 22.2. The fourth-order valence-corrected chi connectivity index (χ4v) is 4.06. The summed E-state index contributed by atoms with van der Waals surface area (Å²) in [4.78, 5) is 23.9. The van der Waals surface area contributed by atoms with Crippen LogP contribution in [-0.2, 0) is 7.05 Å². The molecule has 1 aliphatic heterocycles. The largest absolute Gasteiger partial charge is 0.444 e. The van der Waals surface area contributed by atoms with Gasteiger partial charge in [0.05, 0.1) is 16.9 Å². The molecular formula is C23H26ClN7O2. The van der Waals surface area contributed by atoms with Crippen LogP contribution >= 0.6 is 12.4 Å². The van der Waals surface area contributed by atoms with E-state index in [1.165, 1.54) is 6.26 Å². The van der Waals surface area contributed by atoms with Crippen LogP contribution in [0.4, 0.5) is 11.4 Å². The zero-order valence-corrected chi connectivity index (χ0v) is 19.3. The summed E-state index contributed by atoms with van der Waals surface area (Å²) in [6.07, 6.45) is 6.81. The van der Waals surface area contributed by atoms with Gasteiger partial charge in [-0.05, 0) is 44.0 Å². The number of fused-ring (bicyclic) bond motifs is 1. The minimum absolute atomic E-state index is 0. The number of oxazole rings is 1. The van der Waals surface area contributed by atoms with Crippen molar-refractivity contribution in [2.24, 2.45) is 12.8 Å². The second-order valence-corrected chi connectivity index (χ2v) is 8.23. The lowest BCUT2D eigenvalue weighted by Crippen LogP contribution is -2.40. The highest BCUT2D eigenvalue weighted by atomic mass is 35.5. The van der Waals surface area contributed by atoms with Crippen LogP contribution < -0.4 is 16.0 Å². The summed E-state index contributed by atoms with van der Waals surface area (Å²) in [6.45, 7) is 3.55. The molecule has 4 heterocycles. The zero-order valence-electron chi connectivity index (χ0n) is 18.5. The number of amides is 1. The number of hydrogen-bond acceptors (Lipinski definition) is 7. The van der Waals surface area contributed by atoms with E-state index in [-0.39, 0.29) is 30.0 Å². The Kier molecular flexibility index (Phi) is 6.35. The van der Waals surface area contributed by atoms with Gasteiger partial charge in [0.25, 0.3) is 5.91 Å². The average Bonchev–Trinajstić information content (AvgIpc) is 3.40. The van der Waals surface area contributed by atoms with Crippen molar-refractivity contribution in [2.45, 2.75) is 25.8 Å². The lowest BCUT2D eigenvalue weighted by molar-refractivity contribution is 0.102. The molecule has 0 saturated carbocycles. The number of carbonyl (C=O) groups excluding carboxylic acids is 1. The van der Waals surface area contributed by atoms with Gasteiger partial charge in [-0.2, -0.15) is 5.10 Å². The molecule has 1 saturated heterocycles. The predicted octanol–water partition coefficient (Wildman–Crippen LogP) is 3.53. The third-order valence-electron chi connectivity index (χ3n) is 5.75. The molecule has 3 aromatic heterocycles. The van der Waals surface area contributed by atoms with Gasteiger partial charge >= 0.3 is 0 Å². The van der Waals surface area contributed by atoms with Crippen molar-refractivity contribution in [3.63, 3.8) is 0 Å². The van der Waals surface area contributed by atoms with Crippen LogP contribution in [0.2, 0.25) is 0 Å². The minimum Gasteiger partial charge on any atom is -0.444 e. The van der Waals surface area contributed by atoms with Crippen LogP contribution in [0.3, 0.4) is 0 Å². The van der Waals surface area contributed by atoms with Crippen molar-refractivity contribution in [1.29, 1.82) is 0 Å². The molecule has 1 amide bonds. The molecule has 9 nitrogen and oxygen atoms in total. The normalized spacial score (nSPS) is 14.3. The summed E-state index contributed by atoms with van der Waals surface area (Å²) >= 11 is 0. The molecule has 0 bridgehead atoms. The van der Waals surface area contributed by atoms with Crippen molar-refractivity contribution in [1.82, 2.24) is 19.7 Å². The van der Waals surface area contributed by atoms with Gasteiger partial charge in [-0.25, -0.2) is 4.98 Å². The Hall–Kier alpha value is -3.43. The van der Waals surface area contributed by atoms with Crippen molar-refractivity contribution in [2.75, 3.05) is 23.3 Å². The molecular weight excluding hydrogens is 442 g/mol. The van der Waals surface area contributed by atoms with E-state index in [9.17, 15) is 4.79 Å². The van der Waals surface area contributed by atoms with Crippen LogP contribution in [0.5, 0.6) is 0 Å². The first-order valence-corrected chi connectivity index (χ1v) is 10.6. The van der Waals surface area contributed by atoms with Crippen LogP contribution in [0, 0.1) is 6.92 Å². The molecule has 10 heteroatoms. The number of nitrogens with one attached hydrogen (secondary N) is 1. The van der Waals surface area contributed by atoms with Gasteiger partial charge in [-0.3, -0.25) is 14.5 Å². The first-order chi connectivity index (χ1) is 15.5.